The summed E-state index contributed by atoms with van der Waals surface area (Å²) in [5.74, 6) is 0.574. The molecule has 1 aromatic carbocycles. The van der Waals surface area contributed by atoms with Crippen molar-refractivity contribution < 1.29 is 4.39 Å². The van der Waals surface area contributed by atoms with Gasteiger partial charge in [0.05, 0.1) is 3.79 Å². The Bertz CT molecular complexity index is 480. The average Bonchev–Trinajstić information content (AvgIpc) is 2.73. The SMILES string of the molecule is Fc1ccc(C(CCl)Cc2ccc(Br)s2)cc1. The molecule has 0 N–H and O–H groups in total. The molecule has 0 radical (unpaired) electrons. The standard InChI is InChI=1S/C13H11BrClFS/c14-13-6-5-12(17-13)7-10(8-15)9-1-3-11(16)4-2-9/h1-6,10H,7-8H2. The fraction of sp³-hybridized carbons (Fsp3) is 0.231. The van der Waals surface area contributed by atoms with Crippen LogP contribution in [-0.4, -0.2) is 5.88 Å². The molecule has 0 aliphatic carbocycles. The molecule has 0 amide bonds. The summed E-state index contributed by atoms with van der Waals surface area (Å²) in [5, 5.41) is 0. The Morgan fingerprint density at radius 3 is 2.41 bits per heavy atom. The first-order valence-corrected chi connectivity index (χ1v) is 7.39. The van der Waals surface area contributed by atoms with E-state index in [1.165, 1.54) is 17.0 Å². The molecule has 0 fully saturated rings. The van der Waals surface area contributed by atoms with E-state index in [2.05, 4.69) is 22.0 Å². The number of hydrogen-bond donors (Lipinski definition) is 0. The molecule has 1 atom stereocenters. The van der Waals surface area contributed by atoms with Crippen LogP contribution in [0.1, 0.15) is 16.4 Å². The lowest BCUT2D eigenvalue weighted by Gasteiger charge is -2.13. The van der Waals surface area contributed by atoms with Gasteiger partial charge >= 0.3 is 0 Å². The van der Waals surface area contributed by atoms with Crippen LogP contribution in [0.5, 0.6) is 0 Å². The van der Waals surface area contributed by atoms with Crippen molar-refractivity contribution in [2.24, 2.45) is 0 Å². The van der Waals surface area contributed by atoms with Crippen LogP contribution in [0.3, 0.4) is 0 Å². The fourth-order valence-corrected chi connectivity index (χ4v) is 3.55. The normalized spacial score (nSPS) is 12.6. The summed E-state index contributed by atoms with van der Waals surface area (Å²) in [6, 6.07) is 10.7. The summed E-state index contributed by atoms with van der Waals surface area (Å²) in [5.41, 5.74) is 1.09. The Labute approximate surface area is 118 Å². The molecule has 2 rings (SSSR count). The van der Waals surface area contributed by atoms with E-state index in [1.807, 2.05) is 18.2 Å². The van der Waals surface area contributed by atoms with Gasteiger partial charge in [-0.2, -0.15) is 0 Å². The predicted molar refractivity (Wildman–Crippen MR) is 75.6 cm³/mol. The van der Waals surface area contributed by atoms with E-state index in [0.717, 1.165) is 15.8 Å². The Hall–Kier alpha value is -0.380. The van der Waals surface area contributed by atoms with Crippen molar-refractivity contribution in [3.8, 4) is 0 Å². The van der Waals surface area contributed by atoms with Crippen LogP contribution in [0.2, 0.25) is 0 Å². The maximum Gasteiger partial charge on any atom is 0.123 e. The largest absolute Gasteiger partial charge is 0.207 e. The molecule has 0 aliphatic heterocycles. The van der Waals surface area contributed by atoms with Gasteiger partial charge in [0.2, 0.25) is 0 Å². The van der Waals surface area contributed by atoms with Gasteiger partial charge in [-0.1, -0.05) is 12.1 Å². The van der Waals surface area contributed by atoms with E-state index in [0.29, 0.717) is 5.88 Å². The van der Waals surface area contributed by atoms with E-state index in [1.54, 1.807) is 11.3 Å². The monoisotopic (exact) mass is 332 g/mol. The van der Waals surface area contributed by atoms with Crippen LogP contribution in [0.25, 0.3) is 0 Å². The summed E-state index contributed by atoms with van der Waals surface area (Å²) in [7, 11) is 0. The van der Waals surface area contributed by atoms with Gasteiger partial charge in [0, 0.05) is 16.7 Å². The van der Waals surface area contributed by atoms with Crippen molar-refractivity contribution in [2.45, 2.75) is 12.3 Å². The molecule has 1 unspecified atom stereocenters. The number of halogens is 3. The maximum atomic E-state index is 12.8. The van der Waals surface area contributed by atoms with Crippen molar-refractivity contribution in [1.29, 1.82) is 0 Å². The van der Waals surface area contributed by atoms with E-state index < -0.39 is 0 Å². The summed E-state index contributed by atoms with van der Waals surface area (Å²) in [6.07, 6.45) is 0.894. The van der Waals surface area contributed by atoms with Crippen LogP contribution in [0.4, 0.5) is 4.39 Å². The Morgan fingerprint density at radius 1 is 1.18 bits per heavy atom. The second-order valence-electron chi connectivity index (χ2n) is 3.81. The number of benzene rings is 1. The Balaban J connectivity index is 2.13. The average molecular weight is 334 g/mol. The molecule has 0 saturated heterocycles. The van der Waals surface area contributed by atoms with Gasteiger partial charge in [-0.05, 0) is 52.2 Å². The van der Waals surface area contributed by atoms with Gasteiger partial charge in [0.15, 0.2) is 0 Å². The molecule has 90 valence electrons. The second-order valence-corrected chi connectivity index (χ2v) is 6.67. The lowest BCUT2D eigenvalue weighted by molar-refractivity contribution is 0.625. The molecule has 4 heteroatoms. The van der Waals surface area contributed by atoms with Crippen molar-refractivity contribution >= 4 is 38.9 Å². The molecule has 0 aliphatic rings. The van der Waals surface area contributed by atoms with Gasteiger partial charge in [-0.25, -0.2) is 4.39 Å². The highest BCUT2D eigenvalue weighted by Crippen LogP contribution is 2.28. The lowest BCUT2D eigenvalue weighted by Crippen LogP contribution is -2.03. The van der Waals surface area contributed by atoms with Crippen molar-refractivity contribution in [3.63, 3.8) is 0 Å². The third-order valence-electron chi connectivity index (χ3n) is 2.60. The lowest BCUT2D eigenvalue weighted by atomic mass is 9.97. The highest BCUT2D eigenvalue weighted by atomic mass is 79.9. The first kappa shape index (κ1) is 13.1. The molecule has 2 aromatic rings. The number of alkyl halides is 1. The van der Waals surface area contributed by atoms with Gasteiger partial charge in [0.25, 0.3) is 0 Å². The molecule has 0 bridgehead atoms. The number of thiophene rings is 1. The topological polar surface area (TPSA) is 0 Å². The highest BCUT2D eigenvalue weighted by Gasteiger charge is 2.12. The van der Waals surface area contributed by atoms with Crippen LogP contribution < -0.4 is 0 Å². The predicted octanol–water partition coefficient (Wildman–Crippen LogP) is 5.21. The van der Waals surface area contributed by atoms with Crippen LogP contribution in [0.15, 0.2) is 40.2 Å². The molecule has 17 heavy (non-hydrogen) atoms. The molecule has 1 heterocycles. The first-order valence-electron chi connectivity index (χ1n) is 5.24. The summed E-state index contributed by atoms with van der Waals surface area (Å²) in [6.45, 7) is 0. The minimum Gasteiger partial charge on any atom is -0.207 e. The van der Waals surface area contributed by atoms with E-state index in [-0.39, 0.29) is 11.7 Å². The molecule has 0 saturated carbocycles. The Morgan fingerprint density at radius 2 is 1.88 bits per heavy atom. The molecular weight excluding hydrogens is 323 g/mol. The van der Waals surface area contributed by atoms with E-state index in [4.69, 9.17) is 11.6 Å². The summed E-state index contributed by atoms with van der Waals surface area (Å²) in [4.78, 5) is 1.28. The first-order chi connectivity index (χ1) is 8.19. The zero-order valence-corrected chi connectivity index (χ0v) is 12.2. The van der Waals surface area contributed by atoms with E-state index in [9.17, 15) is 4.39 Å². The van der Waals surface area contributed by atoms with Crippen molar-refractivity contribution in [3.05, 3.63) is 56.4 Å². The van der Waals surface area contributed by atoms with Crippen molar-refractivity contribution in [1.82, 2.24) is 0 Å². The van der Waals surface area contributed by atoms with Gasteiger partial charge in [0.1, 0.15) is 5.82 Å². The minimum atomic E-state index is -0.207. The Kier molecular flexibility index (Phi) is 4.60. The quantitative estimate of drug-likeness (QED) is 0.673. The van der Waals surface area contributed by atoms with Gasteiger partial charge in [-0.15, -0.1) is 22.9 Å². The number of hydrogen-bond acceptors (Lipinski definition) is 1. The summed E-state index contributed by atoms with van der Waals surface area (Å²) < 4.78 is 14.0. The molecule has 1 aromatic heterocycles. The van der Waals surface area contributed by atoms with Gasteiger partial charge < -0.3 is 0 Å². The summed E-state index contributed by atoms with van der Waals surface area (Å²) >= 11 is 11.2. The van der Waals surface area contributed by atoms with Crippen LogP contribution in [-0.2, 0) is 6.42 Å². The maximum absolute atomic E-state index is 12.8. The second kappa shape index (κ2) is 5.98. The highest BCUT2D eigenvalue weighted by molar-refractivity contribution is 9.11. The number of rotatable bonds is 4. The zero-order valence-electron chi connectivity index (χ0n) is 9.00. The molecule has 0 nitrogen and oxygen atoms in total. The molecule has 0 spiro atoms. The van der Waals surface area contributed by atoms with Gasteiger partial charge in [-0.3, -0.25) is 0 Å². The van der Waals surface area contributed by atoms with Crippen LogP contribution in [0, 0.1) is 5.82 Å². The fourth-order valence-electron chi connectivity index (χ4n) is 1.70. The third-order valence-corrected chi connectivity index (χ3v) is 4.62. The smallest absolute Gasteiger partial charge is 0.123 e. The minimum absolute atomic E-state index is 0.207. The van der Waals surface area contributed by atoms with E-state index >= 15 is 0 Å². The zero-order chi connectivity index (χ0) is 12.3. The molecular formula is C13H11BrClFS. The third kappa shape index (κ3) is 3.54. The van der Waals surface area contributed by atoms with Crippen LogP contribution >= 0.6 is 38.9 Å². The van der Waals surface area contributed by atoms with Crippen molar-refractivity contribution in [2.75, 3.05) is 5.88 Å².